The largest absolute Gasteiger partial charge is 0.481 e. The van der Waals surface area contributed by atoms with E-state index in [9.17, 15) is 27.6 Å². The number of benzene rings is 1. The molecule has 5 N–H and O–H groups in total. The van der Waals surface area contributed by atoms with Crippen molar-refractivity contribution >= 4 is 55.4 Å². The van der Waals surface area contributed by atoms with E-state index in [1.165, 1.54) is 32.2 Å². The molecule has 3 rings (SSSR count). The zero-order valence-electron chi connectivity index (χ0n) is 20.5. The maximum absolute atomic E-state index is 13.6. The second kappa shape index (κ2) is 11.0. The first-order valence-electron chi connectivity index (χ1n) is 11.2. The average molecular weight is 551 g/mol. The van der Waals surface area contributed by atoms with Gasteiger partial charge in [0.25, 0.3) is 11.8 Å². The molecule has 10 nitrogen and oxygen atoms in total. The molecule has 202 valence electrons. The number of hydrogen-bond donors (Lipinski definition) is 5. The van der Waals surface area contributed by atoms with E-state index in [1.807, 2.05) is 0 Å². The number of allylic oxidation sites excluding steroid dienone is 1. The molecule has 3 aromatic rings. The molecule has 2 heterocycles. The van der Waals surface area contributed by atoms with E-state index in [0.29, 0.717) is 5.39 Å². The predicted octanol–water partition coefficient (Wildman–Crippen LogP) is 4.11. The maximum atomic E-state index is 13.6. The first kappa shape index (κ1) is 28.4. The highest BCUT2D eigenvalue weighted by atomic mass is 32.1. The zero-order chi connectivity index (χ0) is 28.3. The predicted molar refractivity (Wildman–Crippen MR) is 137 cm³/mol. The van der Waals surface area contributed by atoms with E-state index < -0.39 is 35.1 Å². The number of alkyl halides is 3. The quantitative estimate of drug-likeness (QED) is 0.137. The number of carbonyl (C=O) groups is 3. The molecule has 0 bridgehead atoms. The third kappa shape index (κ3) is 6.56. The standard InChI is InChI=1S/C24H25F3N6O4S/c1-5-13(20(36)28-8-6-7-17(34)35)9-12(2)32-23(3,4)21(37)31-22-30-18-15(24(25,26)27)10-16-14(11-29-33-16)19(18)38-22/h5,9-11,32H,1-2,6-8H2,3-4H3,(H,28,36)(H,29,33)(H,34,35)(H,30,31,37)/b13-9+. The summed E-state index contributed by atoms with van der Waals surface area (Å²) in [5.41, 5.74) is -2.05. The Labute approximate surface area is 218 Å². The van der Waals surface area contributed by atoms with Crippen LogP contribution in [0.15, 0.2) is 48.8 Å². The molecule has 0 aliphatic rings. The minimum absolute atomic E-state index is 0.0345. The number of thiazole rings is 1. The van der Waals surface area contributed by atoms with Gasteiger partial charge in [-0.2, -0.15) is 18.3 Å². The Balaban J connectivity index is 1.74. The number of hydrogen-bond acceptors (Lipinski definition) is 7. The molecular formula is C24H25F3N6O4S. The number of aromatic amines is 1. The van der Waals surface area contributed by atoms with Crippen LogP contribution in [0.2, 0.25) is 0 Å². The van der Waals surface area contributed by atoms with Crippen LogP contribution in [-0.4, -0.2) is 50.2 Å². The molecule has 0 aliphatic heterocycles. The van der Waals surface area contributed by atoms with Gasteiger partial charge in [0.1, 0.15) is 5.54 Å². The van der Waals surface area contributed by atoms with E-state index in [2.05, 4.69) is 44.3 Å². The molecule has 38 heavy (non-hydrogen) atoms. The summed E-state index contributed by atoms with van der Waals surface area (Å²) in [5.74, 6) is -2.09. The van der Waals surface area contributed by atoms with E-state index in [0.717, 1.165) is 17.4 Å². The van der Waals surface area contributed by atoms with Crippen LogP contribution in [-0.2, 0) is 20.6 Å². The van der Waals surface area contributed by atoms with Gasteiger partial charge in [-0.05, 0) is 32.4 Å². The monoisotopic (exact) mass is 550 g/mol. The van der Waals surface area contributed by atoms with Crippen LogP contribution in [0.4, 0.5) is 18.3 Å². The van der Waals surface area contributed by atoms with Gasteiger partial charge in [0.05, 0.1) is 27.5 Å². The fourth-order valence-corrected chi connectivity index (χ4v) is 4.45. The van der Waals surface area contributed by atoms with Crippen molar-refractivity contribution in [3.8, 4) is 0 Å². The molecule has 1 aromatic carbocycles. The number of fused-ring (bicyclic) bond motifs is 3. The summed E-state index contributed by atoms with van der Waals surface area (Å²) in [7, 11) is 0. The molecule has 0 saturated heterocycles. The van der Waals surface area contributed by atoms with Crippen molar-refractivity contribution in [3.05, 3.63) is 54.4 Å². The second-order valence-electron chi connectivity index (χ2n) is 8.74. The van der Waals surface area contributed by atoms with Crippen LogP contribution in [0, 0.1) is 0 Å². The summed E-state index contributed by atoms with van der Waals surface area (Å²) >= 11 is 0.886. The molecule has 0 radical (unpaired) electrons. The highest BCUT2D eigenvalue weighted by Gasteiger charge is 2.36. The molecule has 2 aromatic heterocycles. The summed E-state index contributed by atoms with van der Waals surface area (Å²) in [6.07, 6.45) is -0.476. The lowest BCUT2D eigenvalue weighted by atomic mass is 10.0. The van der Waals surface area contributed by atoms with Crippen molar-refractivity contribution in [1.82, 2.24) is 25.8 Å². The van der Waals surface area contributed by atoms with Crippen molar-refractivity contribution in [2.75, 3.05) is 11.9 Å². The first-order valence-corrected chi connectivity index (χ1v) is 12.0. The highest BCUT2D eigenvalue weighted by molar-refractivity contribution is 7.23. The van der Waals surface area contributed by atoms with Crippen LogP contribution in [0.3, 0.4) is 0 Å². The zero-order valence-corrected chi connectivity index (χ0v) is 21.3. The SMILES string of the molecule is C=C/C(=C\C(=C)NC(C)(C)C(=O)Nc1nc2c(C(F)(F)F)cc3[nH]ncc3c2s1)C(=O)NCCCC(=O)O. The van der Waals surface area contributed by atoms with Crippen molar-refractivity contribution in [2.45, 2.75) is 38.4 Å². The Bertz CT molecular complexity index is 1450. The van der Waals surface area contributed by atoms with Gasteiger partial charge in [0.2, 0.25) is 0 Å². The number of halogens is 3. The number of H-pyrrole nitrogens is 1. The Kier molecular flexibility index (Phi) is 8.25. The molecule has 0 saturated carbocycles. The van der Waals surface area contributed by atoms with E-state index in [-0.39, 0.29) is 51.5 Å². The summed E-state index contributed by atoms with van der Waals surface area (Å²) in [4.78, 5) is 39.9. The van der Waals surface area contributed by atoms with Crippen LogP contribution in [0.1, 0.15) is 32.3 Å². The third-order valence-corrected chi connectivity index (χ3v) is 6.32. The lowest BCUT2D eigenvalue weighted by Crippen LogP contribution is -2.49. The number of carbonyl (C=O) groups excluding carboxylic acids is 2. The van der Waals surface area contributed by atoms with Gasteiger partial charge in [0.15, 0.2) is 5.13 Å². The van der Waals surface area contributed by atoms with Gasteiger partial charge >= 0.3 is 12.1 Å². The van der Waals surface area contributed by atoms with Gasteiger partial charge < -0.3 is 15.7 Å². The van der Waals surface area contributed by atoms with Gasteiger partial charge in [-0.25, -0.2) is 4.98 Å². The number of anilines is 1. The van der Waals surface area contributed by atoms with Crippen molar-refractivity contribution in [2.24, 2.45) is 0 Å². The van der Waals surface area contributed by atoms with Gasteiger partial charge in [-0.3, -0.25) is 24.8 Å². The third-order valence-electron chi connectivity index (χ3n) is 5.32. The summed E-state index contributed by atoms with van der Waals surface area (Å²) in [6.45, 7) is 10.6. The van der Waals surface area contributed by atoms with Gasteiger partial charge in [-0.1, -0.05) is 30.6 Å². The van der Waals surface area contributed by atoms with Crippen LogP contribution in [0.5, 0.6) is 0 Å². The Morgan fingerprint density at radius 1 is 1.26 bits per heavy atom. The molecule has 0 fully saturated rings. The molecule has 0 unspecified atom stereocenters. The number of aromatic nitrogens is 3. The molecular weight excluding hydrogens is 525 g/mol. The Morgan fingerprint density at radius 2 is 1.97 bits per heavy atom. The minimum Gasteiger partial charge on any atom is -0.481 e. The number of amides is 2. The summed E-state index contributed by atoms with van der Waals surface area (Å²) in [6, 6.07) is 0.928. The van der Waals surface area contributed by atoms with Crippen molar-refractivity contribution in [1.29, 1.82) is 0 Å². The van der Waals surface area contributed by atoms with Gasteiger partial charge in [0, 0.05) is 29.6 Å². The number of rotatable bonds is 11. The fourth-order valence-electron chi connectivity index (χ4n) is 3.45. The summed E-state index contributed by atoms with van der Waals surface area (Å²) < 4.78 is 41.1. The maximum Gasteiger partial charge on any atom is 0.418 e. The minimum atomic E-state index is -4.66. The molecule has 14 heteroatoms. The number of carboxylic acid groups (broad SMARTS) is 1. The average Bonchev–Trinajstić information content (AvgIpc) is 3.44. The normalized spacial score (nSPS) is 12.4. The fraction of sp³-hybridized carbons (Fsp3) is 0.292. The lowest BCUT2D eigenvalue weighted by molar-refractivity contribution is -0.137. The van der Waals surface area contributed by atoms with E-state index >= 15 is 0 Å². The number of nitrogens with one attached hydrogen (secondary N) is 4. The summed E-state index contributed by atoms with van der Waals surface area (Å²) in [5, 5.41) is 23.4. The van der Waals surface area contributed by atoms with Crippen LogP contribution < -0.4 is 16.0 Å². The van der Waals surface area contributed by atoms with Crippen molar-refractivity contribution in [3.63, 3.8) is 0 Å². The highest BCUT2D eigenvalue weighted by Crippen LogP contribution is 2.41. The molecule has 2 amide bonds. The van der Waals surface area contributed by atoms with E-state index in [1.54, 1.807) is 0 Å². The number of nitrogens with zero attached hydrogens (tertiary/aromatic N) is 2. The number of carboxylic acids is 1. The van der Waals surface area contributed by atoms with E-state index in [4.69, 9.17) is 5.11 Å². The van der Waals surface area contributed by atoms with Crippen LogP contribution in [0.25, 0.3) is 21.1 Å². The second-order valence-corrected chi connectivity index (χ2v) is 9.74. The lowest BCUT2D eigenvalue weighted by Gasteiger charge is -2.26. The molecule has 0 spiro atoms. The van der Waals surface area contributed by atoms with Crippen LogP contribution >= 0.6 is 11.3 Å². The molecule has 0 aliphatic carbocycles. The Hall–Kier alpha value is -4.20. The Morgan fingerprint density at radius 3 is 2.61 bits per heavy atom. The number of aliphatic carboxylic acids is 1. The van der Waals surface area contributed by atoms with Gasteiger partial charge in [-0.15, -0.1) is 0 Å². The molecule has 0 atom stereocenters. The smallest absolute Gasteiger partial charge is 0.418 e. The van der Waals surface area contributed by atoms with Crippen molar-refractivity contribution < 1.29 is 32.7 Å². The first-order chi connectivity index (χ1) is 17.7. The topological polar surface area (TPSA) is 149 Å².